The Morgan fingerprint density at radius 2 is 2.06 bits per heavy atom. The second-order valence-electron chi connectivity index (χ2n) is 3.84. The van der Waals surface area contributed by atoms with Crippen LogP contribution in [0.2, 0.25) is 5.02 Å². The monoisotopic (exact) mass is 252 g/mol. The summed E-state index contributed by atoms with van der Waals surface area (Å²) < 4.78 is 10.2. The highest BCUT2D eigenvalue weighted by Gasteiger charge is 2.19. The second-order valence-corrected chi connectivity index (χ2v) is 4.21. The minimum atomic E-state index is 0.232. The van der Waals surface area contributed by atoms with Gasteiger partial charge < -0.3 is 15.0 Å². The average molecular weight is 253 g/mol. The van der Waals surface area contributed by atoms with E-state index in [1.807, 2.05) is 19.9 Å². The van der Waals surface area contributed by atoms with Crippen molar-refractivity contribution >= 4 is 17.5 Å². The molecule has 0 aliphatic heterocycles. The Labute approximate surface area is 104 Å². The van der Waals surface area contributed by atoms with Crippen LogP contribution in [0, 0.1) is 13.8 Å². The Morgan fingerprint density at radius 1 is 1.35 bits per heavy atom. The summed E-state index contributed by atoms with van der Waals surface area (Å²) in [4.78, 5) is 0. The fraction of sp³-hybridized carbons (Fsp3) is 0.250. The number of benzene rings is 1. The fourth-order valence-electron chi connectivity index (χ4n) is 1.89. The Bertz CT molecular complexity index is 564. The topological polar surface area (TPSA) is 61.3 Å². The first kappa shape index (κ1) is 11.8. The van der Waals surface area contributed by atoms with Gasteiger partial charge in [-0.05, 0) is 25.0 Å². The Balaban J connectivity index is 2.80. The first-order valence-electron chi connectivity index (χ1n) is 5.10. The van der Waals surface area contributed by atoms with Crippen LogP contribution in [-0.2, 0) is 0 Å². The quantitative estimate of drug-likeness (QED) is 0.892. The van der Waals surface area contributed by atoms with Gasteiger partial charge in [0, 0.05) is 0 Å². The molecule has 1 aromatic heterocycles. The smallest absolute Gasteiger partial charge is 0.230 e. The number of ether oxygens (including phenoxy) is 1. The molecule has 0 aliphatic rings. The standard InChI is InChI=1S/C12H13ClN2O2/c1-6-4-7(2)11(16-3)9(10(6)13)8-5-15-17-12(8)14/h4-5H,14H2,1-3H3. The van der Waals surface area contributed by atoms with Gasteiger partial charge in [0.2, 0.25) is 5.88 Å². The minimum absolute atomic E-state index is 0.232. The number of hydrogen-bond donors (Lipinski definition) is 1. The maximum absolute atomic E-state index is 6.31. The van der Waals surface area contributed by atoms with Crippen LogP contribution in [0.5, 0.6) is 5.75 Å². The van der Waals surface area contributed by atoms with E-state index in [1.165, 1.54) is 6.20 Å². The molecule has 5 heteroatoms. The van der Waals surface area contributed by atoms with Gasteiger partial charge in [0.25, 0.3) is 0 Å². The van der Waals surface area contributed by atoms with E-state index in [0.717, 1.165) is 16.7 Å². The number of halogens is 1. The maximum atomic E-state index is 6.31. The van der Waals surface area contributed by atoms with Crippen molar-refractivity contribution in [2.45, 2.75) is 13.8 Å². The minimum Gasteiger partial charge on any atom is -0.496 e. The van der Waals surface area contributed by atoms with E-state index in [-0.39, 0.29) is 5.88 Å². The van der Waals surface area contributed by atoms with Crippen LogP contribution in [0.3, 0.4) is 0 Å². The molecule has 0 saturated carbocycles. The number of methoxy groups -OCH3 is 1. The highest BCUT2D eigenvalue weighted by atomic mass is 35.5. The SMILES string of the molecule is COc1c(C)cc(C)c(Cl)c1-c1cnoc1N. The molecule has 0 aliphatic carbocycles. The third-order valence-electron chi connectivity index (χ3n) is 2.66. The first-order valence-corrected chi connectivity index (χ1v) is 5.48. The molecule has 4 nitrogen and oxygen atoms in total. The zero-order valence-electron chi connectivity index (χ0n) is 9.87. The number of aryl methyl sites for hydroxylation is 2. The third kappa shape index (κ3) is 1.85. The zero-order valence-corrected chi connectivity index (χ0v) is 10.6. The molecular weight excluding hydrogens is 240 g/mol. The van der Waals surface area contributed by atoms with Gasteiger partial charge in [-0.1, -0.05) is 22.8 Å². The normalized spacial score (nSPS) is 10.6. The predicted molar refractivity (Wildman–Crippen MR) is 67.4 cm³/mol. The van der Waals surface area contributed by atoms with Gasteiger partial charge in [0.15, 0.2) is 0 Å². The van der Waals surface area contributed by atoms with Crippen molar-refractivity contribution in [2.75, 3.05) is 12.8 Å². The van der Waals surface area contributed by atoms with Gasteiger partial charge >= 0.3 is 0 Å². The molecule has 0 amide bonds. The summed E-state index contributed by atoms with van der Waals surface area (Å²) in [6.45, 7) is 3.89. The lowest BCUT2D eigenvalue weighted by molar-refractivity contribution is 0.413. The van der Waals surface area contributed by atoms with Crippen LogP contribution in [0.15, 0.2) is 16.8 Å². The Morgan fingerprint density at radius 3 is 2.59 bits per heavy atom. The van der Waals surface area contributed by atoms with Crippen molar-refractivity contribution in [1.29, 1.82) is 0 Å². The molecule has 0 unspecified atom stereocenters. The van der Waals surface area contributed by atoms with Crippen molar-refractivity contribution in [3.63, 3.8) is 0 Å². The van der Waals surface area contributed by atoms with Gasteiger partial charge in [-0.25, -0.2) is 0 Å². The number of nitrogens with two attached hydrogens (primary N) is 1. The molecule has 0 spiro atoms. The van der Waals surface area contributed by atoms with Crippen LogP contribution >= 0.6 is 11.6 Å². The summed E-state index contributed by atoms with van der Waals surface area (Å²) in [5.74, 6) is 0.922. The lowest BCUT2D eigenvalue weighted by Gasteiger charge is -2.14. The van der Waals surface area contributed by atoms with Gasteiger partial charge in [-0.15, -0.1) is 0 Å². The Kier molecular flexibility index (Phi) is 2.98. The van der Waals surface area contributed by atoms with Crippen molar-refractivity contribution in [1.82, 2.24) is 5.16 Å². The highest BCUT2D eigenvalue weighted by molar-refractivity contribution is 6.34. The Hall–Kier alpha value is -1.68. The molecule has 2 aromatic rings. The van der Waals surface area contributed by atoms with Crippen molar-refractivity contribution < 1.29 is 9.26 Å². The molecule has 90 valence electrons. The summed E-state index contributed by atoms with van der Waals surface area (Å²) in [5.41, 5.74) is 9.05. The largest absolute Gasteiger partial charge is 0.496 e. The van der Waals surface area contributed by atoms with E-state index >= 15 is 0 Å². The van der Waals surface area contributed by atoms with E-state index in [4.69, 9.17) is 26.6 Å². The molecule has 2 N–H and O–H groups in total. The van der Waals surface area contributed by atoms with Crippen LogP contribution in [0.1, 0.15) is 11.1 Å². The lowest BCUT2D eigenvalue weighted by Crippen LogP contribution is -1.95. The summed E-state index contributed by atoms with van der Waals surface area (Å²) >= 11 is 6.31. The molecule has 0 saturated heterocycles. The number of aromatic nitrogens is 1. The number of nitrogens with zero attached hydrogens (tertiary/aromatic N) is 1. The van der Waals surface area contributed by atoms with E-state index < -0.39 is 0 Å². The number of nitrogen functional groups attached to an aromatic ring is 1. The van der Waals surface area contributed by atoms with Crippen molar-refractivity contribution in [3.05, 3.63) is 28.4 Å². The lowest BCUT2D eigenvalue weighted by atomic mass is 10.0. The average Bonchev–Trinajstić information content (AvgIpc) is 2.69. The van der Waals surface area contributed by atoms with Crippen LogP contribution in [0.25, 0.3) is 11.1 Å². The third-order valence-corrected chi connectivity index (χ3v) is 3.14. The molecule has 0 radical (unpaired) electrons. The van der Waals surface area contributed by atoms with E-state index in [0.29, 0.717) is 16.3 Å². The zero-order chi connectivity index (χ0) is 12.6. The van der Waals surface area contributed by atoms with Crippen LogP contribution < -0.4 is 10.5 Å². The number of hydrogen-bond acceptors (Lipinski definition) is 4. The molecule has 17 heavy (non-hydrogen) atoms. The summed E-state index contributed by atoms with van der Waals surface area (Å²) in [6.07, 6.45) is 1.54. The van der Waals surface area contributed by atoms with E-state index in [2.05, 4.69) is 5.16 Å². The van der Waals surface area contributed by atoms with Gasteiger partial charge in [-0.3, -0.25) is 0 Å². The molecule has 1 aromatic carbocycles. The van der Waals surface area contributed by atoms with Gasteiger partial charge in [0.05, 0.1) is 29.5 Å². The highest BCUT2D eigenvalue weighted by Crippen LogP contribution is 2.42. The van der Waals surface area contributed by atoms with Crippen molar-refractivity contribution in [3.8, 4) is 16.9 Å². The molecule has 1 heterocycles. The predicted octanol–water partition coefficient (Wildman–Crippen LogP) is 3.20. The molecular formula is C12H13ClN2O2. The molecule has 0 atom stereocenters. The van der Waals surface area contributed by atoms with Gasteiger partial charge in [0.1, 0.15) is 5.75 Å². The summed E-state index contributed by atoms with van der Waals surface area (Å²) in [6, 6.07) is 1.97. The van der Waals surface area contributed by atoms with E-state index in [9.17, 15) is 0 Å². The van der Waals surface area contributed by atoms with Crippen LogP contribution in [-0.4, -0.2) is 12.3 Å². The number of rotatable bonds is 2. The first-order chi connectivity index (χ1) is 8.06. The molecule has 2 rings (SSSR count). The van der Waals surface area contributed by atoms with Crippen LogP contribution in [0.4, 0.5) is 5.88 Å². The molecule has 0 fully saturated rings. The van der Waals surface area contributed by atoms with Crippen molar-refractivity contribution in [2.24, 2.45) is 0 Å². The maximum Gasteiger partial charge on any atom is 0.230 e. The van der Waals surface area contributed by atoms with Gasteiger partial charge in [-0.2, -0.15) is 0 Å². The second kappa shape index (κ2) is 4.30. The summed E-state index contributed by atoms with van der Waals surface area (Å²) in [5, 5.41) is 4.26. The molecule has 0 bridgehead atoms. The summed E-state index contributed by atoms with van der Waals surface area (Å²) in [7, 11) is 1.60. The van der Waals surface area contributed by atoms with E-state index in [1.54, 1.807) is 7.11 Å². The fourth-order valence-corrected chi connectivity index (χ4v) is 2.13. The number of anilines is 1.